The van der Waals surface area contributed by atoms with E-state index in [-0.39, 0.29) is 12.1 Å². The minimum atomic E-state index is -3.34. The summed E-state index contributed by atoms with van der Waals surface area (Å²) in [5.41, 5.74) is 0. The van der Waals surface area contributed by atoms with E-state index in [9.17, 15) is 8.42 Å². The van der Waals surface area contributed by atoms with Crippen LogP contribution in [0, 0.1) is 0 Å². The summed E-state index contributed by atoms with van der Waals surface area (Å²) < 4.78 is 39.3. The highest BCUT2D eigenvalue weighted by Gasteiger charge is 2.39. The quantitative estimate of drug-likeness (QED) is 0.730. The molecule has 0 aromatic carbocycles. The molecule has 1 atom stereocenters. The van der Waals surface area contributed by atoms with Gasteiger partial charge in [-0.2, -0.15) is 17.0 Å². The molecule has 0 radical (unpaired) electrons. The fourth-order valence-corrected chi connectivity index (χ4v) is 4.96. The second-order valence-electron chi connectivity index (χ2n) is 5.42. The first kappa shape index (κ1) is 16.2. The van der Waals surface area contributed by atoms with Crippen LogP contribution in [0.5, 0.6) is 0 Å². The lowest BCUT2D eigenvalue weighted by atomic mass is 10.1. The molecule has 0 aliphatic carbocycles. The van der Waals surface area contributed by atoms with Gasteiger partial charge in [-0.25, -0.2) is 0 Å². The van der Waals surface area contributed by atoms with Crippen molar-refractivity contribution in [3.8, 4) is 0 Å². The maximum Gasteiger partial charge on any atom is 0.282 e. The Morgan fingerprint density at radius 2 is 1.85 bits per heavy atom. The van der Waals surface area contributed by atoms with Crippen LogP contribution in [-0.2, 0) is 19.7 Å². The Bertz CT molecular complexity index is 393. The molecule has 118 valence electrons. The summed E-state index contributed by atoms with van der Waals surface area (Å²) in [5, 5.41) is 0. The van der Waals surface area contributed by atoms with Gasteiger partial charge in [0.1, 0.15) is 0 Å². The zero-order chi connectivity index (χ0) is 14.6. The number of ether oxygens (including phenoxy) is 2. The topological polar surface area (TPSA) is 59.1 Å². The number of rotatable bonds is 6. The van der Waals surface area contributed by atoms with Crippen LogP contribution in [0.25, 0.3) is 0 Å². The summed E-state index contributed by atoms with van der Waals surface area (Å²) in [5.74, 6) is 0. The summed E-state index contributed by atoms with van der Waals surface area (Å²) in [7, 11) is -1.72. The molecule has 2 heterocycles. The van der Waals surface area contributed by atoms with Gasteiger partial charge < -0.3 is 9.47 Å². The molecule has 0 amide bonds. The molecule has 0 aromatic heterocycles. The molecule has 20 heavy (non-hydrogen) atoms. The number of methoxy groups -OCH3 is 1. The van der Waals surface area contributed by atoms with E-state index >= 15 is 0 Å². The van der Waals surface area contributed by atoms with Crippen molar-refractivity contribution in [2.24, 2.45) is 0 Å². The highest BCUT2D eigenvalue weighted by Crippen LogP contribution is 2.26. The van der Waals surface area contributed by atoms with Crippen molar-refractivity contribution in [1.82, 2.24) is 8.61 Å². The predicted octanol–water partition coefficient (Wildman–Crippen LogP) is 0.843. The highest BCUT2D eigenvalue weighted by molar-refractivity contribution is 7.86. The van der Waals surface area contributed by atoms with Gasteiger partial charge in [0.2, 0.25) is 0 Å². The Kier molecular flexibility index (Phi) is 5.80. The predicted molar refractivity (Wildman–Crippen MR) is 76.7 cm³/mol. The Balaban J connectivity index is 1.97. The number of hydrogen-bond donors (Lipinski definition) is 0. The molecule has 7 heteroatoms. The largest absolute Gasteiger partial charge is 0.383 e. The normalized spacial score (nSPS) is 27.2. The van der Waals surface area contributed by atoms with Crippen LogP contribution in [0.3, 0.4) is 0 Å². The molecule has 0 bridgehead atoms. The molecule has 0 spiro atoms. The first-order valence-electron chi connectivity index (χ1n) is 7.47. The minimum absolute atomic E-state index is 0.00499. The summed E-state index contributed by atoms with van der Waals surface area (Å²) in [6.07, 6.45) is 3.59. The van der Waals surface area contributed by atoms with Crippen molar-refractivity contribution < 1.29 is 17.9 Å². The molecule has 1 unspecified atom stereocenters. The van der Waals surface area contributed by atoms with Crippen LogP contribution in [0.1, 0.15) is 32.6 Å². The molecule has 6 nitrogen and oxygen atoms in total. The number of piperidine rings is 1. The van der Waals surface area contributed by atoms with Crippen molar-refractivity contribution in [3.05, 3.63) is 0 Å². The molecule has 2 fully saturated rings. The first-order valence-corrected chi connectivity index (χ1v) is 8.86. The molecule has 0 aromatic rings. The van der Waals surface area contributed by atoms with Crippen molar-refractivity contribution in [2.45, 2.75) is 44.8 Å². The van der Waals surface area contributed by atoms with E-state index in [4.69, 9.17) is 9.47 Å². The van der Waals surface area contributed by atoms with Crippen molar-refractivity contribution in [1.29, 1.82) is 0 Å². The fraction of sp³-hybridized carbons (Fsp3) is 1.00. The average molecular weight is 306 g/mol. The van der Waals surface area contributed by atoms with Gasteiger partial charge in [0.05, 0.1) is 12.7 Å². The van der Waals surface area contributed by atoms with E-state index < -0.39 is 10.2 Å². The monoisotopic (exact) mass is 306 g/mol. The zero-order valence-electron chi connectivity index (χ0n) is 12.5. The summed E-state index contributed by atoms with van der Waals surface area (Å²) in [6.45, 7) is 4.88. The number of hydrogen-bond acceptors (Lipinski definition) is 4. The smallest absolute Gasteiger partial charge is 0.282 e. The van der Waals surface area contributed by atoms with E-state index in [1.807, 2.05) is 6.92 Å². The molecule has 0 N–H and O–H groups in total. The Hall–Kier alpha value is -0.210. The van der Waals surface area contributed by atoms with Crippen LogP contribution in [0.4, 0.5) is 0 Å². The lowest BCUT2D eigenvalue weighted by molar-refractivity contribution is 0.0277. The van der Waals surface area contributed by atoms with Crippen LogP contribution in [-0.4, -0.2) is 69.1 Å². The minimum Gasteiger partial charge on any atom is -0.383 e. The average Bonchev–Trinajstić information content (AvgIpc) is 2.89. The summed E-state index contributed by atoms with van der Waals surface area (Å²) in [6, 6.07) is -0.00499. The molecule has 2 saturated heterocycles. The van der Waals surface area contributed by atoms with Gasteiger partial charge in [0.25, 0.3) is 10.2 Å². The second kappa shape index (κ2) is 7.17. The van der Waals surface area contributed by atoms with Crippen LogP contribution in [0.2, 0.25) is 0 Å². The molecule has 2 rings (SSSR count). The van der Waals surface area contributed by atoms with Gasteiger partial charge in [-0.1, -0.05) is 0 Å². The zero-order valence-corrected chi connectivity index (χ0v) is 13.3. The Morgan fingerprint density at radius 1 is 1.15 bits per heavy atom. The van der Waals surface area contributed by atoms with Crippen molar-refractivity contribution in [2.75, 3.05) is 40.0 Å². The van der Waals surface area contributed by atoms with E-state index in [0.29, 0.717) is 32.8 Å². The first-order chi connectivity index (χ1) is 9.59. The van der Waals surface area contributed by atoms with Gasteiger partial charge >= 0.3 is 0 Å². The van der Waals surface area contributed by atoms with Crippen molar-refractivity contribution >= 4 is 10.2 Å². The lowest BCUT2D eigenvalue weighted by Crippen LogP contribution is -2.50. The summed E-state index contributed by atoms with van der Waals surface area (Å²) in [4.78, 5) is 0. The van der Waals surface area contributed by atoms with Crippen LogP contribution < -0.4 is 0 Å². The van der Waals surface area contributed by atoms with Crippen molar-refractivity contribution in [3.63, 3.8) is 0 Å². The highest BCUT2D eigenvalue weighted by atomic mass is 32.2. The third-order valence-electron chi connectivity index (χ3n) is 4.11. The van der Waals surface area contributed by atoms with Crippen LogP contribution in [0.15, 0.2) is 0 Å². The Morgan fingerprint density at radius 3 is 2.45 bits per heavy atom. The van der Waals surface area contributed by atoms with E-state index in [0.717, 1.165) is 25.7 Å². The van der Waals surface area contributed by atoms with E-state index in [1.165, 1.54) is 0 Å². The van der Waals surface area contributed by atoms with Gasteiger partial charge in [-0.3, -0.25) is 0 Å². The maximum atomic E-state index is 12.7. The summed E-state index contributed by atoms with van der Waals surface area (Å²) >= 11 is 0. The third kappa shape index (κ3) is 3.51. The van der Waals surface area contributed by atoms with Gasteiger partial charge in [-0.15, -0.1) is 0 Å². The van der Waals surface area contributed by atoms with Gasteiger partial charge in [0, 0.05) is 39.4 Å². The Labute approximate surface area is 122 Å². The van der Waals surface area contributed by atoms with E-state index in [1.54, 1.807) is 15.7 Å². The third-order valence-corrected chi connectivity index (χ3v) is 6.20. The number of nitrogens with zero attached hydrogens (tertiary/aromatic N) is 2. The second-order valence-corrected chi connectivity index (χ2v) is 7.30. The standard InChI is InChI=1S/C13H26N2O4S/c1-3-19-13-6-9-14(10-7-13)20(16,17)15-8-4-5-12(15)11-18-2/h12-13H,3-11H2,1-2H3. The van der Waals surface area contributed by atoms with Gasteiger partial charge in [-0.05, 0) is 32.6 Å². The molecule has 2 aliphatic rings. The van der Waals surface area contributed by atoms with E-state index in [2.05, 4.69) is 0 Å². The SMILES string of the molecule is CCOC1CCN(S(=O)(=O)N2CCCC2COC)CC1. The molecule has 0 saturated carbocycles. The maximum absolute atomic E-state index is 12.7. The molecular formula is C13H26N2O4S. The fourth-order valence-electron chi connectivity index (χ4n) is 3.09. The van der Waals surface area contributed by atoms with Crippen LogP contribution >= 0.6 is 0 Å². The molecular weight excluding hydrogens is 280 g/mol. The molecule has 2 aliphatic heterocycles. The lowest BCUT2D eigenvalue weighted by Gasteiger charge is -2.35. The van der Waals surface area contributed by atoms with Gasteiger partial charge in [0.15, 0.2) is 0 Å².